The minimum Gasteiger partial charge on any atom is -0.465 e. The minimum atomic E-state index is -0.541. The molecular weight excluding hydrogens is 455 g/mol. The van der Waals surface area contributed by atoms with Crippen LogP contribution in [0.15, 0.2) is 84.0 Å². The lowest BCUT2D eigenvalue weighted by Crippen LogP contribution is -2.17. The van der Waals surface area contributed by atoms with Crippen molar-refractivity contribution in [3.05, 3.63) is 95.8 Å². The number of rotatable bonds is 8. The molecule has 0 aliphatic carbocycles. The fourth-order valence-corrected chi connectivity index (χ4v) is 4.08. The van der Waals surface area contributed by atoms with Gasteiger partial charge in [-0.2, -0.15) is 0 Å². The molecule has 0 bridgehead atoms. The van der Waals surface area contributed by atoms with Gasteiger partial charge < -0.3 is 10.1 Å². The summed E-state index contributed by atoms with van der Waals surface area (Å²) in [6.07, 6.45) is 0. The molecule has 0 radical (unpaired) electrons. The molecule has 0 spiro atoms. The first-order chi connectivity index (χ1) is 16.6. The van der Waals surface area contributed by atoms with E-state index >= 15 is 0 Å². The highest BCUT2D eigenvalue weighted by Crippen LogP contribution is 2.27. The van der Waals surface area contributed by atoms with Crippen molar-refractivity contribution in [3.8, 4) is 11.4 Å². The van der Waals surface area contributed by atoms with Gasteiger partial charge in [0.15, 0.2) is 11.0 Å². The highest BCUT2D eigenvalue weighted by Gasteiger charge is 2.19. The van der Waals surface area contributed by atoms with Gasteiger partial charge in [0.05, 0.1) is 36.2 Å². The van der Waals surface area contributed by atoms with E-state index in [1.165, 1.54) is 24.9 Å². The molecule has 1 heterocycles. The second-order valence-corrected chi connectivity index (χ2v) is 8.17. The number of hydrogen-bond donors (Lipinski definition) is 1. The van der Waals surface area contributed by atoms with Crippen LogP contribution >= 0.6 is 11.8 Å². The highest BCUT2D eigenvalue weighted by atomic mass is 32.2. The molecule has 4 rings (SSSR count). The van der Waals surface area contributed by atoms with Crippen molar-refractivity contribution in [1.82, 2.24) is 14.8 Å². The van der Waals surface area contributed by atoms with Crippen LogP contribution in [0.4, 0.5) is 10.1 Å². The Labute approximate surface area is 200 Å². The molecule has 1 aromatic heterocycles. The fourth-order valence-electron chi connectivity index (χ4n) is 3.34. The number of carbonyl (C=O) groups is 2. The maximum Gasteiger partial charge on any atom is 0.339 e. The second kappa shape index (κ2) is 10.8. The molecule has 3 aromatic carbocycles. The molecule has 4 aromatic rings. The zero-order chi connectivity index (χ0) is 23.9. The summed E-state index contributed by atoms with van der Waals surface area (Å²) in [5.41, 5.74) is 1.93. The lowest BCUT2D eigenvalue weighted by atomic mass is 10.2. The van der Waals surface area contributed by atoms with E-state index in [1.54, 1.807) is 47.0 Å². The number of benzene rings is 3. The topological polar surface area (TPSA) is 86.1 Å². The number of halogens is 1. The maximum atomic E-state index is 14.5. The van der Waals surface area contributed by atoms with E-state index in [4.69, 9.17) is 4.74 Å². The van der Waals surface area contributed by atoms with Crippen LogP contribution in [0.2, 0.25) is 0 Å². The Morgan fingerprint density at radius 3 is 2.44 bits per heavy atom. The summed E-state index contributed by atoms with van der Waals surface area (Å²) in [5, 5.41) is 11.6. The molecule has 0 unspecified atom stereocenters. The van der Waals surface area contributed by atoms with Gasteiger partial charge in [-0.3, -0.25) is 9.36 Å². The fraction of sp³-hybridized carbons (Fsp3) is 0.120. The number of para-hydroxylation sites is 1. The van der Waals surface area contributed by atoms with Crippen molar-refractivity contribution in [2.75, 3.05) is 18.2 Å². The minimum absolute atomic E-state index is 0.0136. The van der Waals surface area contributed by atoms with E-state index in [0.29, 0.717) is 28.8 Å². The Morgan fingerprint density at radius 2 is 1.68 bits per heavy atom. The van der Waals surface area contributed by atoms with E-state index in [0.717, 1.165) is 5.56 Å². The van der Waals surface area contributed by atoms with Crippen molar-refractivity contribution >= 4 is 29.3 Å². The number of esters is 1. The largest absolute Gasteiger partial charge is 0.465 e. The Balaban J connectivity index is 1.56. The average molecular weight is 477 g/mol. The molecule has 34 heavy (non-hydrogen) atoms. The third kappa shape index (κ3) is 5.32. The van der Waals surface area contributed by atoms with Crippen LogP contribution in [0.25, 0.3) is 11.4 Å². The number of nitrogens with one attached hydrogen (secondary N) is 1. The van der Waals surface area contributed by atoms with Gasteiger partial charge in [-0.25, -0.2) is 9.18 Å². The maximum absolute atomic E-state index is 14.5. The van der Waals surface area contributed by atoms with E-state index in [1.807, 2.05) is 30.3 Å². The zero-order valence-corrected chi connectivity index (χ0v) is 19.1. The number of anilines is 1. The number of nitrogens with zero attached hydrogens (tertiary/aromatic N) is 3. The molecular formula is C25H21FN4O3S. The lowest BCUT2D eigenvalue weighted by molar-refractivity contribution is -0.113. The molecule has 7 nitrogen and oxygen atoms in total. The van der Waals surface area contributed by atoms with Gasteiger partial charge in [0, 0.05) is 0 Å². The van der Waals surface area contributed by atoms with E-state index in [2.05, 4.69) is 15.5 Å². The summed E-state index contributed by atoms with van der Waals surface area (Å²) in [6, 6.07) is 22.6. The standard InChI is InChI=1S/C25H21FN4O3S/c1-33-24(32)19-12-6-8-14-21(19)27-22(31)16-34-25-29-28-23(18-11-5-7-13-20(18)26)30(25)15-17-9-3-2-4-10-17/h2-14H,15-16H2,1H3,(H,27,31). The number of amides is 1. The van der Waals surface area contributed by atoms with Gasteiger partial charge in [0.25, 0.3) is 0 Å². The highest BCUT2D eigenvalue weighted by molar-refractivity contribution is 7.99. The zero-order valence-electron chi connectivity index (χ0n) is 18.3. The average Bonchev–Trinajstić information content (AvgIpc) is 3.25. The molecule has 0 fully saturated rings. The second-order valence-electron chi connectivity index (χ2n) is 7.23. The van der Waals surface area contributed by atoms with Crippen LogP contribution in [-0.2, 0) is 16.1 Å². The van der Waals surface area contributed by atoms with Crippen LogP contribution in [-0.4, -0.2) is 39.5 Å². The molecule has 172 valence electrons. The molecule has 1 N–H and O–H groups in total. The smallest absolute Gasteiger partial charge is 0.339 e. The Kier molecular flexibility index (Phi) is 7.34. The van der Waals surface area contributed by atoms with Gasteiger partial charge >= 0.3 is 5.97 Å². The van der Waals surface area contributed by atoms with Gasteiger partial charge in [-0.1, -0.05) is 66.4 Å². The van der Waals surface area contributed by atoms with Crippen LogP contribution in [0.1, 0.15) is 15.9 Å². The summed E-state index contributed by atoms with van der Waals surface area (Å²) in [7, 11) is 1.28. The van der Waals surface area contributed by atoms with Gasteiger partial charge in [-0.15, -0.1) is 10.2 Å². The Hall–Kier alpha value is -3.98. The Bertz CT molecular complexity index is 1310. The van der Waals surface area contributed by atoms with Crippen molar-refractivity contribution < 1.29 is 18.7 Å². The molecule has 0 atom stereocenters. The number of hydrogen-bond acceptors (Lipinski definition) is 6. The Morgan fingerprint density at radius 1 is 0.971 bits per heavy atom. The van der Waals surface area contributed by atoms with Crippen LogP contribution in [0.5, 0.6) is 0 Å². The van der Waals surface area contributed by atoms with Crippen molar-refractivity contribution in [2.45, 2.75) is 11.7 Å². The quantitative estimate of drug-likeness (QED) is 0.294. The van der Waals surface area contributed by atoms with E-state index in [-0.39, 0.29) is 17.2 Å². The molecule has 0 aliphatic rings. The van der Waals surface area contributed by atoms with E-state index < -0.39 is 11.8 Å². The molecule has 1 amide bonds. The van der Waals surface area contributed by atoms with Gasteiger partial charge in [0.1, 0.15) is 5.82 Å². The molecule has 0 saturated carbocycles. The van der Waals surface area contributed by atoms with Crippen molar-refractivity contribution in [2.24, 2.45) is 0 Å². The van der Waals surface area contributed by atoms with Crippen LogP contribution in [0, 0.1) is 5.82 Å². The first kappa shape index (κ1) is 23.2. The van der Waals surface area contributed by atoms with Crippen LogP contribution in [0.3, 0.4) is 0 Å². The normalized spacial score (nSPS) is 10.6. The molecule has 9 heteroatoms. The third-order valence-electron chi connectivity index (χ3n) is 4.95. The predicted octanol–water partition coefficient (Wildman–Crippen LogP) is 4.65. The van der Waals surface area contributed by atoms with Gasteiger partial charge in [0.2, 0.25) is 5.91 Å². The molecule has 0 saturated heterocycles. The monoisotopic (exact) mass is 476 g/mol. The number of carbonyl (C=O) groups excluding carboxylic acids is 2. The van der Waals surface area contributed by atoms with Crippen molar-refractivity contribution in [3.63, 3.8) is 0 Å². The number of aromatic nitrogens is 3. The number of thioether (sulfide) groups is 1. The summed E-state index contributed by atoms with van der Waals surface area (Å²) < 4.78 is 21.1. The summed E-state index contributed by atoms with van der Waals surface area (Å²) in [4.78, 5) is 24.6. The van der Waals surface area contributed by atoms with Crippen LogP contribution < -0.4 is 5.32 Å². The molecule has 0 aliphatic heterocycles. The third-order valence-corrected chi connectivity index (χ3v) is 5.92. The summed E-state index contributed by atoms with van der Waals surface area (Å²) in [5.74, 6) is -0.887. The number of ether oxygens (including phenoxy) is 1. The summed E-state index contributed by atoms with van der Waals surface area (Å²) >= 11 is 1.17. The first-order valence-corrected chi connectivity index (χ1v) is 11.4. The predicted molar refractivity (Wildman–Crippen MR) is 128 cm³/mol. The summed E-state index contributed by atoms with van der Waals surface area (Å²) in [6.45, 7) is 0.409. The first-order valence-electron chi connectivity index (χ1n) is 10.4. The van der Waals surface area contributed by atoms with E-state index in [9.17, 15) is 14.0 Å². The number of methoxy groups -OCH3 is 1. The lowest BCUT2D eigenvalue weighted by Gasteiger charge is -2.12. The SMILES string of the molecule is COC(=O)c1ccccc1NC(=O)CSc1nnc(-c2ccccc2F)n1Cc1ccccc1. The van der Waals surface area contributed by atoms with Crippen molar-refractivity contribution in [1.29, 1.82) is 0 Å². The van der Waals surface area contributed by atoms with Gasteiger partial charge in [-0.05, 0) is 29.8 Å².